The van der Waals surface area contributed by atoms with Crippen molar-refractivity contribution in [3.63, 3.8) is 0 Å². The van der Waals surface area contributed by atoms with Crippen LogP contribution in [0.1, 0.15) is 26.8 Å². The average Bonchev–Trinajstić information content (AvgIpc) is 3.57. The van der Waals surface area contributed by atoms with E-state index < -0.39 is 0 Å². The second kappa shape index (κ2) is 10.8. The summed E-state index contributed by atoms with van der Waals surface area (Å²) in [4.78, 5) is 17.1. The van der Waals surface area contributed by atoms with Gasteiger partial charge in [0.2, 0.25) is 0 Å². The van der Waals surface area contributed by atoms with E-state index in [1.807, 2.05) is 59.4 Å². The molecular formula is C27H28N4O2S. The van der Waals surface area contributed by atoms with Crippen LogP contribution in [-0.4, -0.2) is 53.4 Å². The van der Waals surface area contributed by atoms with E-state index in [1.165, 1.54) is 4.88 Å². The number of carbonyl (C=O) groups is 1. The van der Waals surface area contributed by atoms with Crippen molar-refractivity contribution in [3.8, 4) is 11.3 Å². The third-order valence-corrected chi connectivity index (χ3v) is 7.03. The zero-order valence-corrected chi connectivity index (χ0v) is 19.8. The summed E-state index contributed by atoms with van der Waals surface area (Å²) in [5, 5.41) is 10.1. The maximum absolute atomic E-state index is 13.5. The number of hydrogen-bond donors (Lipinski definition) is 1. The zero-order valence-electron chi connectivity index (χ0n) is 19.0. The van der Waals surface area contributed by atoms with E-state index in [0.29, 0.717) is 24.3 Å². The Morgan fingerprint density at radius 2 is 1.74 bits per heavy atom. The smallest absolute Gasteiger partial charge is 0.255 e. The molecule has 0 unspecified atom stereocenters. The van der Waals surface area contributed by atoms with E-state index in [-0.39, 0.29) is 11.9 Å². The van der Waals surface area contributed by atoms with Crippen LogP contribution in [0, 0.1) is 0 Å². The van der Waals surface area contributed by atoms with Crippen molar-refractivity contribution in [1.29, 1.82) is 0 Å². The maximum Gasteiger partial charge on any atom is 0.255 e. The molecule has 2 aromatic heterocycles. The number of hydrogen-bond acceptors (Lipinski definition) is 5. The van der Waals surface area contributed by atoms with E-state index >= 15 is 0 Å². The molecule has 0 spiro atoms. The summed E-state index contributed by atoms with van der Waals surface area (Å²) >= 11 is 1.73. The molecule has 1 aliphatic heterocycles. The highest BCUT2D eigenvalue weighted by Crippen LogP contribution is 2.26. The fourth-order valence-electron chi connectivity index (χ4n) is 4.31. The normalized spacial score (nSPS) is 15.2. The summed E-state index contributed by atoms with van der Waals surface area (Å²) < 4.78 is 7.39. The molecule has 0 aliphatic carbocycles. The first-order valence-corrected chi connectivity index (χ1v) is 12.5. The lowest BCUT2D eigenvalue weighted by Crippen LogP contribution is -2.43. The van der Waals surface area contributed by atoms with Crippen molar-refractivity contribution >= 4 is 17.2 Å². The Labute approximate surface area is 203 Å². The van der Waals surface area contributed by atoms with Gasteiger partial charge in [0.25, 0.3) is 5.91 Å². The van der Waals surface area contributed by atoms with Gasteiger partial charge in [-0.05, 0) is 17.0 Å². The summed E-state index contributed by atoms with van der Waals surface area (Å²) in [5.74, 6) is -0.104. The van der Waals surface area contributed by atoms with Crippen molar-refractivity contribution in [2.24, 2.45) is 0 Å². The Morgan fingerprint density at radius 3 is 2.44 bits per heavy atom. The number of ether oxygens (including phenoxy) is 1. The molecule has 1 atom stereocenters. The van der Waals surface area contributed by atoms with Gasteiger partial charge in [-0.25, -0.2) is 0 Å². The molecular weight excluding hydrogens is 444 g/mol. The molecule has 0 saturated carbocycles. The van der Waals surface area contributed by atoms with Crippen LogP contribution in [0.15, 0.2) is 84.4 Å². The van der Waals surface area contributed by atoms with Gasteiger partial charge in [-0.15, -0.1) is 11.3 Å². The molecule has 1 fully saturated rings. The summed E-state index contributed by atoms with van der Waals surface area (Å²) in [5.41, 5.74) is 3.37. The molecule has 4 aromatic rings. The lowest BCUT2D eigenvalue weighted by atomic mass is 10.1. The Kier molecular flexibility index (Phi) is 7.14. The molecule has 0 radical (unpaired) electrons. The van der Waals surface area contributed by atoms with Gasteiger partial charge in [-0.2, -0.15) is 5.10 Å². The standard InChI is InChI=1S/C27H28N4O2S/c32-27(28-18-24(25-12-7-17-34-25)30-13-15-33-16-14-30)23-20-31(19-21-8-3-1-4-9-21)29-26(23)22-10-5-2-6-11-22/h1-12,17,20,24H,13-16,18-19H2,(H,28,32)/t24-/m1/s1. The largest absolute Gasteiger partial charge is 0.379 e. The minimum atomic E-state index is -0.104. The first-order valence-electron chi connectivity index (χ1n) is 11.6. The van der Waals surface area contributed by atoms with Crippen LogP contribution in [0.3, 0.4) is 0 Å². The van der Waals surface area contributed by atoms with Crippen LogP contribution in [0.25, 0.3) is 11.3 Å². The Hall–Kier alpha value is -3.26. The Morgan fingerprint density at radius 1 is 1.00 bits per heavy atom. The first kappa shape index (κ1) is 22.5. The molecule has 1 aliphatic rings. The minimum Gasteiger partial charge on any atom is -0.379 e. The number of benzene rings is 2. The number of morpholine rings is 1. The molecule has 174 valence electrons. The van der Waals surface area contributed by atoms with Crippen molar-refractivity contribution in [3.05, 3.63) is 100 Å². The van der Waals surface area contributed by atoms with Gasteiger partial charge < -0.3 is 10.1 Å². The third-order valence-electron chi connectivity index (χ3n) is 6.05. The predicted molar refractivity (Wildman–Crippen MR) is 135 cm³/mol. The third kappa shape index (κ3) is 5.28. The first-order chi connectivity index (χ1) is 16.8. The zero-order chi connectivity index (χ0) is 23.2. The monoisotopic (exact) mass is 472 g/mol. The molecule has 2 aromatic carbocycles. The Bertz CT molecular complexity index is 1190. The van der Waals surface area contributed by atoms with Gasteiger partial charge in [0.15, 0.2) is 0 Å². The fourth-order valence-corrected chi connectivity index (χ4v) is 5.17. The molecule has 5 rings (SSSR count). The molecule has 7 heteroatoms. The fraction of sp³-hybridized carbons (Fsp3) is 0.259. The molecule has 1 N–H and O–H groups in total. The van der Waals surface area contributed by atoms with Crippen molar-refractivity contribution in [2.45, 2.75) is 12.6 Å². The van der Waals surface area contributed by atoms with Crippen LogP contribution in [0.4, 0.5) is 0 Å². The van der Waals surface area contributed by atoms with Crippen LogP contribution in [-0.2, 0) is 11.3 Å². The van der Waals surface area contributed by atoms with Crippen LogP contribution < -0.4 is 5.32 Å². The van der Waals surface area contributed by atoms with E-state index in [9.17, 15) is 4.79 Å². The average molecular weight is 473 g/mol. The topological polar surface area (TPSA) is 59.4 Å². The lowest BCUT2D eigenvalue weighted by Gasteiger charge is -2.34. The van der Waals surface area contributed by atoms with E-state index in [4.69, 9.17) is 9.84 Å². The summed E-state index contributed by atoms with van der Waals surface area (Å²) in [6.45, 7) is 4.32. The Balaban J connectivity index is 1.38. The number of thiophene rings is 1. The second-order valence-electron chi connectivity index (χ2n) is 8.33. The van der Waals surface area contributed by atoms with Gasteiger partial charge in [0, 0.05) is 36.3 Å². The molecule has 1 amide bonds. The number of nitrogens with one attached hydrogen (secondary N) is 1. The van der Waals surface area contributed by atoms with E-state index in [0.717, 1.165) is 37.4 Å². The van der Waals surface area contributed by atoms with Crippen molar-refractivity contribution in [2.75, 3.05) is 32.8 Å². The maximum atomic E-state index is 13.5. The van der Waals surface area contributed by atoms with Gasteiger partial charge in [0.1, 0.15) is 5.69 Å². The van der Waals surface area contributed by atoms with Crippen LogP contribution in [0.2, 0.25) is 0 Å². The highest BCUT2D eigenvalue weighted by atomic mass is 32.1. The van der Waals surface area contributed by atoms with Crippen LogP contribution in [0.5, 0.6) is 0 Å². The minimum absolute atomic E-state index is 0.104. The number of amides is 1. The van der Waals surface area contributed by atoms with Crippen LogP contribution >= 0.6 is 11.3 Å². The quantitative estimate of drug-likeness (QED) is 0.411. The van der Waals surface area contributed by atoms with E-state index in [2.05, 4.69) is 39.9 Å². The summed E-state index contributed by atoms with van der Waals surface area (Å²) in [6, 6.07) is 24.4. The number of nitrogens with zero attached hydrogens (tertiary/aromatic N) is 3. The van der Waals surface area contributed by atoms with Gasteiger partial charge in [-0.1, -0.05) is 66.7 Å². The van der Waals surface area contributed by atoms with Crippen molar-refractivity contribution in [1.82, 2.24) is 20.0 Å². The number of aromatic nitrogens is 2. The molecule has 6 nitrogen and oxygen atoms in total. The molecule has 1 saturated heterocycles. The molecule has 34 heavy (non-hydrogen) atoms. The highest BCUT2D eigenvalue weighted by Gasteiger charge is 2.25. The predicted octanol–water partition coefficient (Wildman–Crippen LogP) is 4.46. The second-order valence-corrected chi connectivity index (χ2v) is 9.31. The highest BCUT2D eigenvalue weighted by molar-refractivity contribution is 7.10. The van der Waals surface area contributed by atoms with Gasteiger partial charge in [0.05, 0.1) is 31.4 Å². The molecule has 0 bridgehead atoms. The number of rotatable bonds is 8. The SMILES string of the molecule is O=C(NC[C@H](c1cccs1)N1CCOCC1)c1cn(Cc2ccccc2)nc1-c1ccccc1. The summed E-state index contributed by atoms with van der Waals surface area (Å²) in [6.07, 6.45) is 1.86. The molecule has 3 heterocycles. The van der Waals surface area contributed by atoms with Gasteiger partial charge in [-0.3, -0.25) is 14.4 Å². The lowest BCUT2D eigenvalue weighted by molar-refractivity contribution is 0.0169. The van der Waals surface area contributed by atoms with Crippen molar-refractivity contribution < 1.29 is 9.53 Å². The van der Waals surface area contributed by atoms with Gasteiger partial charge >= 0.3 is 0 Å². The van der Waals surface area contributed by atoms with E-state index in [1.54, 1.807) is 11.3 Å². The number of carbonyl (C=O) groups excluding carboxylic acids is 1. The summed E-state index contributed by atoms with van der Waals surface area (Å²) in [7, 11) is 0.